The molecule has 1 amide bonds. The summed E-state index contributed by atoms with van der Waals surface area (Å²) >= 11 is 0. The van der Waals surface area contributed by atoms with Crippen LogP contribution in [-0.4, -0.2) is 47.0 Å². The van der Waals surface area contributed by atoms with Crippen molar-refractivity contribution in [3.8, 4) is 17.2 Å². The lowest BCUT2D eigenvalue weighted by atomic mass is 9.93. The lowest BCUT2D eigenvalue weighted by Crippen LogP contribution is -2.49. The van der Waals surface area contributed by atoms with Gasteiger partial charge in [-0.2, -0.15) is 13.2 Å². The van der Waals surface area contributed by atoms with Gasteiger partial charge in [-0.15, -0.1) is 0 Å². The number of hydrogen-bond donors (Lipinski definition) is 1. The van der Waals surface area contributed by atoms with E-state index < -0.39 is 29.8 Å². The number of ether oxygens (including phenoxy) is 2. The summed E-state index contributed by atoms with van der Waals surface area (Å²) in [6.45, 7) is -0.0530. The van der Waals surface area contributed by atoms with E-state index in [-0.39, 0.29) is 59.1 Å². The maximum atomic E-state index is 13.8. The van der Waals surface area contributed by atoms with Crippen LogP contribution >= 0.6 is 0 Å². The van der Waals surface area contributed by atoms with Gasteiger partial charge in [-0.25, -0.2) is 14.8 Å². The molecule has 4 aromatic rings. The number of rotatable bonds is 5. The molecule has 0 radical (unpaired) electrons. The molecule has 1 aliphatic heterocycles. The SMILES string of the molecule is COC(=O)C1Cc2ccccc2CN1C(=O)c1nc(-c2ccc(OC)c3nc(C(F)(F)F)ccc23)oc1CN. The first-order valence-electron chi connectivity index (χ1n) is 11.9. The molecule has 0 saturated heterocycles. The lowest BCUT2D eigenvalue weighted by Gasteiger charge is -2.34. The summed E-state index contributed by atoms with van der Waals surface area (Å²) in [6.07, 6.45) is -4.40. The first-order valence-corrected chi connectivity index (χ1v) is 11.9. The smallest absolute Gasteiger partial charge is 0.433 e. The van der Waals surface area contributed by atoms with Crippen LogP contribution in [0.1, 0.15) is 33.1 Å². The number of carbonyl (C=O) groups excluding carboxylic acids is 2. The molecule has 2 aromatic heterocycles. The van der Waals surface area contributed by atoms with Gasteiger partial charge in [0.25, 0.3) is 5.91 Å². The Hall–Kier alpha value is -4.45. The largest absolute Gasteiger partial charge is 0.494 e. The molecule has 1 aliphatic rings. The van der Waals surface area contributed by atoms with Crippen molar-refractivity contribution in [2.45, 2.75) is 31.7 Å². The molecular formula is C27H23F3N4O5. The standard InChI is InChI=1S/C27H23F3N4O5/c1-37-19-9-7-17(16-8-10-21(27(28,29)30)32-22(16)19)24-33-23(20(12-31)39-24)25(35)34-13-15-6-4-3-5-14(15)11-18(34)26(36)38-2/h3-10,18H,11-13,31H2,1-2H3. The number of carbonyl (C=O) groups is 2. The van der Waals surface area contributed by atoms with Crippen molar-refractivity contribution < 1.29 is 36.7 Å². The average molecular weight is 540 g/mol. The zero-order chi connectivity index (χ0) is 27.9. The van der Waals surface area contributed by atoms with E-state index in [0.29, 0.717) is 0 Å². The van der Waals surface area contributed by atoms with E-state index in [1.54, 1.807) is 6.07 Å². The Morgan fingerprint density at radius 2 is 1.82 bits per heavy atom. The van der Waals surface area contributed by atoms with Gasteiger partial charge in [0.15, 0.2) is 11.5 Å². The van der Waals surface area contributed by atoms with Gasteiger partial charge >= 0.3 is 12.1 Å². The van der Waals surface area contributed by atoms with Gasteiger partial charge in [-0.05, 0) is 35.4 Å². The normalized spacial score (nSPS) is 15.2. The summed E-state index contributed by atoms with van der Waals surface area (Å²) in [5.41, 5.74) is 6.71. The number of nitrogens with zero attached hydrogens (tertiary/aromatic N) is 3. The Kier molecular flexibility index (Phi) is 6.73. The number of oxazole rings is 1. The zero-order valence-electron chi connectivity index (χ0n) is 20.9. The van der Waals surface area contributed by atoms with Crippen molar-refractivity contribution >= 4 is 22.8 Å². The molecule has 2 N–H and O–H groups in total. The molecule has 0 spiro atoms. The van der Waals surface area contributed by atoms with Crippen LogP contribution in [0.4, 0.5) is 13.2 Å². The molecule has 1 unspecified atom stereocenters. The Bertz CT molecular complexity index is 1580. The summed E-state index contributed by atoms with van der Waals surface area (Å²) in [7, 11) is 2.57. The van der Waals surface area contributed by atoms with Crippen molar-refractivity contribution in [2.75, 3.05) is 14.2 Å². The van der Waals surface area contributed by atoms with E-state index in [1.165, 1.54) is 31.3 Å². The predicted octanol–water partition coefficient (Wildman–Crippen LogP) is 4.12. The van der Waals surface area contributed by atoms with E-state index in [0.717, 1.165) is 17.2 Å². The first-order chi connectivity index (χ1) is 18.7. The maximum absolute atomic E-state index is 13.8. The number of esters is 1. The molecule has 9 nitrogen and oxygen atoms in total. The average Bonchev–Trinajstić information content (AvgIpc) is 3.38. The third kappa shape index (κ3) is 4.67. The lowest BCUT2D eigenvalue weighted by molar-refractivity contribution is -0.146. The highest BCUT2D eigenvalue weighted by atomic mass is 19.4. The quantitative estimate of drug-likeness (QED) is 0.376. The minimum atomic E-state index is -4.66. The highest BCUT2D eigenvalue weighted by molar-refractivity contribution is 5.99. The van der Waals surface area contributed by atoms with Gasteiger partial charge in [0.2, 0.25) is 5.89 Å². The topological polar surface area (TPSA) is 121 Å². The number of amides is 1. The van der Waals surface area contributed by atoms with Crippen LogP contribution in [0.2, 0.25) is 0 Å². The van der Waals surface area contributed by atoms with Crippen molar-refractivity contribution in [2.24, 2.45) is 5.73 Å². The fourth-order valence-corrected chi connectivity index (χ4v) is 4.69. The van der Waals surface area contributed by atoms with Crippen LogP contribution in [0.15, 0.2) is 52.9 Å². The molecule has 12 heteroatoms. The number of aromatic nitrogens is 2. The molecule has 0 aliphatic carbocycles. The van der Waals surface area contributed by atoms with E-state index in [9.17, 15) is 22.8 Å². The third-order valence-electron chi connectivity index (χ3n) is 6.63. The first kappa shape index (κ1) is 26.2. The number of methoxy groups -OCH3 is 2. The molecule has 39 heavy (non-hydrogen) atoms. The second-order valence-electron chi connectivity index (χ2n) is 8.85. The van der Waals surface area contributed by atoms with Crippen LogP contribution in [0, 0.1) is 0 Å². The number of alkyl halides is 3. The van der Waals surface area contributed by atoms with Crippen molar-refractivity contribution in [1.29, 1.82) is 0 Å². The Morgan fingerprint density at radius 1 is 1.08 bits per heavy atom. The van der Waals surface area contributed by atoms with E-state index in [1.807, 2.05) is 24.3 Å². The second kappa shape index (κ2) is 10.0. The molecular weight excluding hydrogens is 517 g/mol. The fraction of sp³-hybridized carbons (Fsp3) is 0.259. The number of pyridine rings is 1. The molecule has 0 fully saturated rings. The van der Waals surface area contributed by atoms with Gasteiger partial charge < -0.3 is 24.5 Å². The minimum absolute atomic E-state index is 0.0416. The predicted molar refractivity (Wildman–Crippen MR) is 133 cm³/mol. The summed E-state index contributed by atoms with van der Waals surface area (Å²) in [4.78, 5) is 35.9. The minimum Gasteiger partial charge on any atom is -0.494 e. The van der Waals surface area contributed by atoms with E-state index >= 15 is 0 Å². The number of hydrogen-bond acceptors (Lipinski definition) is 8. The summed E-state index contributed by atoms with van der Waals surface area (Å²) in [6, 6.07) is 11.6. The van der Waals surface area contributed by atoms with Gasteiger partial charge in [0.1, 0.15) is 23.0 Å². The number of nitrogens with two attached hydrogens (primary N) is 1. The van der Waals surface area contributed by atoms with Crippen LogP contribution in [-0.2, 0) is 35.2 Å². The molecule has 0 saturated carbocycles. The number of fused-ring (bicyclic) bond motifs is 2. The van der Waals surface area contributed by atoms with Gasteiger partial charge in [-0.3, -0.25) is 4.79 Å². The summed E-state index contributed by atoms with van der Waals surface area (Å²) in [5.74, 6) is -1.04. The molecule has 2 aromatic carbocycles. The summed E-state index contributed by atoms with van der Waals surface area (Å²) < 4.78 is 56.0. The molecule has 5 rings (SSSR count). The van der Waals surface area contributed by atoms with Crippen molar-refractivity contribution in [3.63, 3.8) is 0 Å². The molecule has 0 bridgehead atoms. The molecule has 202 valence electrons. The third-order valence-corrected chi connectivity index (χ3v) is 6.63. The zero-order valence-corrected chi connectivity index (χ0v) is 20.9. The molecule has 3 heterocycles. The van der Waals surface area contributed by atoms with Crippen LogP contribution in [0.3, 0.4) is 0 Å². The maximum Gasteiger partial charge on any atom is 0.433 e. The monoisotopic (exact) mass is 540 g/mol. The van der Waals surface area contributed by atoms with Gasteiger partial charge in [0, 0.05) is 23.9 Å². The van der Waals surface area contributed by atoms with Crippen LogP contribution in [0.25, 0.3) is 22.4 Å². The number of benzene rings is 2. The van der Waals surface area contributed by atoms with Gasteiger partial charge in [0.05, 0.1) is 20.8 Å². The van der Waals surface area contributed by atoms with E-state index in [4.69, 9.17) is 19.6 Å². The van der Waals surface area contributed by atoms with E-state index in [2.05, 4.69) is 9.97 Å². The Labute approximate surface area is 220 Å². The highest BCUT2D eigenvalue weighted by Crippen LogP contribution is 2.37. The van der Waals surface area contributed by atoms with Crippen LogP contribution < -0.4 is 10.5 Å². The second-order valence-corrected chi connectivity index (χ2v) is 8.85. The van der Waals surface area contributed by atoms with Crippen molar-refractivity contribution in [1.82, 2.24) is 14.9 Å². The number of halogens is 3. The van der Waals surface area contributed by atoms with Crippen molar-refractivity contribution in [3.05, 3.63) is 76.8 Å². The van der Waals surface area contributed by atoms with Crippen LogP contribution in [0.5, 0.6) is 5.75 Å². The molecule has 1 atom stereocenters. The Morgan fingerprint density at radius 3 is 2.49 bits per heavy atom. The summed E-state index contributed by atoms with van der Waals surface area (Å²) in [5, 5.41) is 0.269. The fourth-order valence-electron chi connectivity index (χ4n) is 4.69. The van der Waals surface area contributed by atoms with Gasteiger partial charge in [-0.1, -0.05) is 24.3 Å². The highest BCUT2D eigenvalue weighted by Gasteiger charge is 2.38. The Balaban J connectivity index is 1.59.